The number of thiophene rings is 1. The van der Waals surface area contributed by atoms with Crippen LogP contribution in [0, 0.1) is 0 Å². The Bertz CT molecular complexity index is 376. The molecule has 0 saturated carbocycles. The van der Waals surface area contributed by atoms with Gasteiger partial charge in [0, 0.05) is 0 Å². The number of carbonyl (C=O) groups is 1. The normalized spacial score (nSPS) is 12.4. The van der Waals surface area contributed by atoms with Gasteiger partial charge in [-0.2, -0.15) is 0 Å². The van der Waals surface area contributed by atoms with Gasteiger partial charge in [0.25, 0.3) is 0 Å². The van der Waals surface area contributed by atoms with Gasteiger partial charge < -0.3 is 9.57 Å². The van der Waals surface area contributed by atoms with Gasteiger partial charge in [-0.25, -0.2) is 4.79 Å². The Morgan fingerprint density at radius 3 is 2.56 bits per heavy atom. The van der Waals surface area contributed by atoms with E-state index in [4.69, 9.17) is 4.84 Å². The molecule has 4 nitrogen and oxygen atoms in total. The van der Waals surface area contributed by atoms with Crippen molar-refractivity contribution < 1.29 is 14.4 Å². The Hall–Kier alpha value is -1.36. The minimum atomic E-state index is -0.494. The molecule has 0 saturated heterocycles. The SMILES string of the molecule is COC(=O)/C(=N/OC(C)(C)C)c1cccs1. The lowest BCUT2D eigenvalue weighted by Crippen LogP contribution is -2.21. The van der Waals surface area contributed by atoms with Crippen LogP contribution in [0.15, 0.2) is 22.7 Å². The van der Waals surface area contributed by atoms with Crippen molar-refractivity contribution in [3.05, 3.63) is 22.4 Å². The van der Waals surface area contributed by atoms with E-state index in [1.54, 1.807) is 6.07 Å². The molecule has 16 heavy (non-hydrogen) atoms. The number of hydrogen-bond donors (Lipinski definition) is 0. The standard InChI is InChI=1S/C11H15NO3S/c1-11(2,3)15-12-9(10(13)14-4)8-6-5-7-16-8/h5-7H,1-4H3/b12-9+. The van der Waals surface area contributed by atoms with Crippen molar-refractivity contribution in [2.45, 2.75) is 26.4 Å². The van der Waals surface area contributed by atoms with Crippen molar-refractivity contribution in [2.24, 2.45) is 5.16 Å². The van der Waals surface area contributed by atoms with Gasteiger partial charge in [-0.15, -0.1) is 11.3 Å². The van der Waals surface area contributed by atoms with Crippen LogP contribution in [0.25, 0.3) is 0 Å². The van der Waals surface area contributed by atoms with Gasteiger partial charge in [0.05, 0.1) is 12.0 Å². The largest absolute Gasteiger partial charge is 0.464 e. The summed E-state index contributed by atoms with van der Waals surface area (Å²) in [6, 6.07) is 3.64. The highest BCUT2D eigenvalue weighted by Gasteiger charge is 2.19. The average Bonchev–Trinajstić information content (AvgIpc) is 2.69. The van der Waals surface area contributed by atoms with E-state index in [1.165, 1.54) is 18.4 Å². The Morgan fingerprint density at radius 1 is 1.44 bits per heavy atom. The number of hydrogen-bond acceptors (Lipinski definition) is 5. The maximum absolute atomic E-state index is 11.5. The Kier molecular flexibility index (Phi) is 4.06. The van der Waals surface area contributed by atoms with E-state index in [2.05, 4.69) is 9.89 Å². The summed E-state index contributed by atoms with van der Waals surface area (Å²) in [7, 11) is 1.32. The van der Waals surface area contributed by atoms with Crippen molar-refractivity contribution in [1.29, 1.82) is 0 Å². The molecule has 1 aromatic rings. The van der Waals surface area contributed by atoms with Gasteiger partial charge in [0.1, 0.15) is 5.60 Å². The van der Waals surface area contributed by atoms with Crippen LogP contribution in [0.2, 0.25) is 0 Å². The monoisotopic (exact) mass is 241 g/mol. The van der Waals surface area contributed by atoms with Crippen LogP contribution in [0.3, 0.4) is 0 Å². The first-order valence-corrected chi connectivity index (χ1v) is 5.70. The molecule has 0 bridgehead atoms. The molecule has 88 valence electrons. The van der Waals surface area contributed by atoms with Crippen molar-refractivity contribution in [2.75, 3.05) is 7.11 Å². The van der Waals surface area contributed by atoms with Crippen LogP contribution >= 0.6 is 11.3 Å². The number of carbonyl (C=O) groups excluding carboxylic acids is 1. The van der Waals surface area contributed by atoms with Crippen LogP contribution in [-0.2, 0) is 14.4 Å². The molecule has 0 aliphatic rings. The van der Waals surface area contributed by atoms with Crippen molar-refractivity contribution in [3.8, 4) is 0 Å². The summed E-state index contributed by atoms with van der Waals surface area (Å²) in [4.78, 5) is 17.5. The average molecular weight is 241 g/mol. The molecule has 0 N–H and O–H groups in total. The summed E-state index contributed by atoms with van der Waals surface area (Å²) < 4.78 is 4.66. The molecule has 1 heterocycles. The molecule has 1 aromatic heterocycles. The number of oxime groups is 1. The zero-order chi connectivity index (χ0) is 12.2. The van der Waals surface area contributed by atoms with Crippen molar-refractivity contribution >= 4 is 23.0 Å². The molecule has 0 amide bonds. The minimum Gasteiger partial charge on any atom is -0.464 e. The smallest absolute Gasteiger partial charge is 0.361 e. The van der Waals surface area contributed by atoms with Gasteiger partial charge in [0.2, 0.25) is 5.71 Å². The predicted octanol–water partition coefficient (Wildman–Crippen LogP) is 2.44. The minimum absolute atomic E-state index is 0.201. The second-order valence-electron chi connectivity index (χ2n) is 4.11. The zero-order valence-electron chi connectivity index (χ0n) is 9.81. The molecule has 0 spiro atoms. The van der Waals surface area contributed by atoms with E-state index in [1.807, 2.05) is 32.2 Å². The maximum Gasteiger partial charge on any atom is 0.361 e. The third-order valence-corrected chi connectivity index (χ3v) is 2.42. The van der Waals surface area contributed by atoms with E-state index in [0.29, 0.717) is 0 Å². The predicted molar refractivity (Wildman–Crippen MR) is 63.7 cm³/mol. The highest BCUT2D eigenvalue weighted by molar-refractivity contribution is 7.13. The Labute approximate surface area is 98.9 Å². The first-order chi connectivity index (χ1) is 7.44. The molecule has 0 unspecified atom stereocenters. The summed E-state index contributed by atoms with van der Waals surface area (Å²) >= 11 is 1.41. The second kappa shape index (κ2) is 5.12. The summed E-state index contributed by atoms with van der Waals surface area (Å²) in [6.07, 6.45) is 0. The number of ether oxygens (including phenoxy) is 1. The fourth-order valence-electron chi connectivity index (χ4n) is 0.875. The third-order valence-electron chi connectivity index (χ3n) is 1.54. The molecule has 0 radical (unpaired) electrons. The van der Waals surface area contributed by atoms with Gasteiger partial charge in [-0.1, -0.05) is 11.2 Å². The van der Waals surface area contributed by atoms with Crippen molar-refractivity contribution in [1.82, 2.24) is 0 Å². The number of nitrogens with zero attached hydrogens (tertiary/aromatic N) is 1. The van der Waals surface area contributed by atoms with E-state index >= 15 is 0 Å². The summed E-state index contributed by atoms with van der Waals surface area (Å²) in [5.41, 5.74) is -0.233. The molecule has 1 rings (SSSR count). The number of rotatable bonds is 3. The zero-order valence-corrected chi connectivity index (χ0v) is 10.6. The lowest BCUT2D eigenvalue weighted by atomic mass is 10.2. The van der Waals surface area contributed by atoms with Gasteiger partial charge >= 0.3 is 5.97 Å². The molecule has 0 aliphatic carbocycles. The maximum atomic E-state index is 11.5. The summed E-state index contributed by atoms with van der Waals surface area (Å²) in [5, 5.41) is 5.73. The molecular formula is C11H15NO3S. The fraction of sp³-hybridized carbons (Fsp3) is 0.455. The lowest BCUT2D eigenvalue weighted by molar-refractivity contribution is -0.133. The van der Waals surface area contributed by atoms with Crippen LogP contribution in [0.4, 0.5) is 0 Å². The van der Waals surface area contributed by atoms with E-state index < -0.39 is 11.6 Å². The number of methoxy groups -OCH3 is 1. The summed E-state index contributed by atoms with van der Waals surface area (Å²) in [6.45, 7) is 5.58. The van der Waals surface area contributed by atoms with E-state index in [0.717, 1.165) is 4.88 Å². The highest BCUT2D eigenvalue weighted by Crippen LogP contribution is 2.14. The lowest BCUT2D eigenvalue weighted by Gasteiger charge is -2.16. The van der Waals surface area contributed by atoms with Gasteiger partial charge in [-0.05, 0) is 32.2 Å². The highest BCUT2D eigenvalue weighted by atomic mass is 32.1. The first-order valence-electron chi connectivity index (χ1n) is 4.82. The van der Waals surface area contributed by atoms with Gasteiger partial charge in [0.15, 0.2) is 0 Å². The van der Waals surface area contributed by atoms with E-state index in [9.17, 15) is 4.79 Å². The van der Waals surface area contributed by atoms with Crippen LogP contribution in [0.5, 0.6) is 0 Å². The Balaban J connectivity index is 2.93. The van der Waals surface area contributed by atoms with E-state index in [-0.39, 0.29) is 5.71 Å². The van der Waals surface area contributed by atoms with Crippen molar-refractivity contribution in [3.63, 3.8) is 0 Å². The topological polar surface area (TPSA) is 47.9 Å². The Morgan fingerprint density at radius 2 is 2.12 bits per heavy atom. The molecule has 0 aliphatic heterocycles. The molecule has 0 atom stereocenters. The molecule has 0 fully saturated rings. The van der Waals surface area contributed by atoms with Gasteiger partial charge in [-0.3, -0.25) is 0 Å². The quantitative estimate of drug-likeness (QED) is 0.464. The number of esters is 1. The third kappa shape index (κ3) is 3.66. The van der Waals surface area contributed by atoms with Crippen LogP contribution in [0.1, 0.15) is 25.6 Å². The molecular weight excluding hydrogens is 226 g/mol. The summed E-state index contributed by atoms with van der Waals surface area (Å²) in [5.74, 6) is -0.494. The van der Waals surface area contributed by atoms with Crippen LogP contribution < -0.4 is 0 Å². The fourth-order valence-corrected chi connectivity index (χ4v) is 1.57. The van der Waals surface area contributed by atoms with Crippen LogP contribution in [-0.4, -0.2) is 24.4 Å². The second-order valence-corrected chi connectivity index (χ2v) is 5.06. The molecule has 5 heteroatoms. The molecule has 0 aromatic carbocycles. The first kappa shape index (κ1) is 12.7.